The molecule has 0 aromatic carbocycles. The largest absolute Gasteiger partial charge is 0.322 e. The second-order valence-electron chi connectivity index (χ2n) is 5.69. The van der Waals surface area contributed by atoms with E-state index >= 15 is 0 Å². The molecule has 1 aliphatic rings. The summed E-state index contributed by atoms with van der Waals surface area (Å²) >= 11 is 3.61. The molecule has 0 bridgehead atoms. The van der Waals surface area contributed by atoms with Crippen molar-refractivity contribution in [3.8, 4) is 0 Å². The molecule has 4 heteroatoms. The zero-order chi connectivity index (χ0) is 13.1. The topological polar surface area (TPSA) is 43.8 Å². The molecule has 1 fully saturated rings. The van der Waals surface area contributed by atoms with Crippen molar-refractivity contribution in [3.05, 3.63) is 16.4 Å². The van der Waals surface area contributed by atoms with Crippen molar-refractivity contribution in [3.63, 3.8) is 0 Å². The van der Waals surface area contributed by atoms with Crippen molar-refractivity contribution in [2.75, 3.05) is 0 Å². The Morgan fingerprint density at radius 2 is 1.89 bits per heavy atom. The van der Waals surface area contributed by atoms with E-state index in [1.807, 2.05) is 6.20 Å². The van der Waals surface area contributed by atoms with E-state index in [4.69, 9.17) is 5.73 Å². The van der Waals surface area contributed by atoms with Crippen LogP contribution >= 0.6 is 15.9 Å². The summed E-state index contributed by atoms with van der Waals surface area (Å²) in [5, 5.41) is 4.44. The number of halogens is 1. The van der Waals surface area contributed by atoms with Gasteiger partial charge in [0.05, 0.1) is 22.4 Å². The van der Waals surface area contributed by atoms with Crippen LogP contribution in [0.3, 0.4) is 0 Å². The van der Waals surface area contributed by atoms with Gasteiger partial charge in [-0.3, -0.25) is 4.68 Å². The highest BCUT2D eigenvalue weighted by Crippen LogP contribution is 2.35. The van der Waals surface area contributed by atoms with Gasteiger partial charge in [0.1, 0.15) is 0 Å². The summed E-state index contributed by atoms with van der Waals surface area (Å²) in [6.07, 6.45) is 9.79. The van der Waals surface area contributed by atoms with Crippen LogP contribution in [-0.4, -0.2) is 9.78 Å². The molecule has 0 amide bonds. The lowest BCUT2D eigenvalue weighted by atomic mass is 9.90. The Hall–Kier alpha value is -0.350. The fourth-order valence-corrected chi connectivity index (χ4v) is 3.51. The van der Waals surface area contributed by atoms with Crippen molar-refractivity contribution >= 4 is 15.9 Å². The van der Waals surface area contributed by atoms with Gasteiger partial charge in [-0.25, -0.2) is 0 Å². The monoisotopic (exact) mass is 313 g/mol. The van der Waals surface area contributed by atoms with E-state index in [9.17, 15) is 0 Å². The first-order valence-corrected chi connectivity index (χ1v) is 7.89. The Morgan fingerprint density at radius 3 is 2.44 bits per heavy atom. The van der Waals surface area contributed by atoms with Crippen LogP contribution in [0.25, 0.3) is 0 Å². The average molecular weight is 314 g/mol. The van der Waals surface area contributed by atoms with Crippen LogP contribution in [0.4, 0.5) is 0 Å². The number of nitrogens with zero attached hydrogens (tertiary/aromatic N) is 2. The molecule has 3 nitrogen and oxygen atoms in total. The maximum absolute atomic E-state index is 6.53. The minimum absolute atomic E-state index is 0.113. The third kappa shape index (κ3) is 2.97. The third-order valence-corrected chi connectivity index (χ3v) is 4.61. The summed E-state index contributed by atoms with van der Waals surface area (Å²) in [5.74, 6) is 0.609. The Kier molecular flexibility index (Phi) is 4.84. The van der Waals surface area contributed by atoms with E-state index in [0.29, 0.717) is 12.0 Å². The van der Waals surface area contributed by atoms with E-state index in [1.54, 1.807) is 0 Å². The number of hydrogen-bond acceptors (Lipinski definition) is 2. The predicted molar refractivity (Wildman–Crippen MR) is 78.4 cm³/mol. The Morgan fingerprint density at radius 1 is 1.28 bits per heavy atom. The Balaban J connectivity index is 2.21. The van der Waals surface area contributed by atoms with Crippen LogP contribution in [0.15, 0.2) is 10.7 Å². The van der Waals surface area contributed by atoms with Crippen LogP contribution in [0, 0.1) is 5.92 Å². The zero-order valence-corrected chi connectivity index (χ0v) is 13.0. The highest BCUT2D eigenvalue weighted by Gasteiger charge is 2.26. The standard InChI is InChI=1S/C14H24BrN3/c1-10(2)18-14(12(15)9-17-18)13(16)11-7-5-3-4-6-8-11/h9-11,13H,3-8,16H2,1-2H3. The molecule has 0 aliphatic heterocycles. The summed E-state index contributed by atoms with van der Waals surface area (Å²) < 4.78 is 3.13. The predicted octanol–water partition coefficient (Wildman–Crippen LogP) is 4.20. The van der Waals surface area contributed by atoms with Crippen LogP contribution < -0.4 is 5.73 Å². The molecule has 1 aromatic heterocycles. The van der Waals surface area contributed by atoms with Crippen molar-refractivity contribution < 1.29 is 0 Å². The molecule has 0 spiro atoms. The fraction of sp³-hybridized carbons (Fsp3) is 0.786. The molecule has 0 saturated heterocycles. The molecule has 0 radical (unpaired) electrons. The lowest BCUT2D eigenvalue weighted by molar-refractivity contribution is 0.354. The van der Waals surface area contributed by atoms with Gasteiger partial charge in [0.2, 0.25) is 0 Å². The van der Waals surface area contributed by atoms with Crippen molar-refractivity contribution in [2.24, 2.45) is 11.7 Å². The summed E-state index contributed by atoms with van der Waals surface area (Å²) in [4.78, 5) is 0. The van der Waals surface area contributed by atoms with Gasteiger partial charge in [0, 0.05) is 6.04 Å². The highest BCUT2D eigenvalue weighted by atomic mass is 79.9. The van der Waals surface area contributed by atoms with Gasteiger partial charge in [-0.15, -0.1) is 0 Å². The average Bonchev–Trinajstić information content (AvgIpc) is 2.56. The number of hydrogen-bond donors (Lipinski definition) is 1. The van der Waals surface area contributed by atoms with Crippen LogP contribution in [0.2, 0.25) is 0 Å². The highest BCUT2D eigenvalue weighted by molar-refractivity contribution is 9.10. The van der Waals surface area contributed by atoms with E-state index in [2.05, 4.69) is 39.6 Å². The normalized spacial score (nSPS) is 20.1. The molecule has 1 heterocycles. The van der Waals surface area contributed by atoms with Gasteiger partial charge in [-0.1, -0.05) is 25.7 Å². The molecule has 18 heavy (non-hydrogen) atoms. The fourth-order valence-electron chi connectivity index (χ4n) is 2.97. The SMILES string of the molecule is CC(C)n1ncc(Br)c1C(N)C1CCCCCC1. The first kappa shape index (κ1) is 14.1. The molecule has 1 saturated carbocycles. The maximum Gasteiger partial charge on any atom is 0.0699 e. The molecule has 2 rings (SSSR count). The van der Waals surface area contributed by atoms with E-state index in [1.165, 1.54) is 44.2 Å². The minimum atomic E-state index is 0.113. The molecule has 1 atom stereocenters. The quantitative estimate of drug-likeness (QED) is 0.850. The molecule has 1 unspecified atom stereocenters. The second-order valence-corrected chi connectivity index (χ2v) is 6.55. The number of aromatic nitrogens is 2. The summed E-state index contributed by atoms with van der Waals surface area (Å²) in [6, 6.07) is 0.477. The van der Waals surface area contributed by atoms with Crippen LogP contribution in [0.5, 0.6) is 0 Å². The molecule has 1 aliphatic carbocycles. The van der Waals surface area contributed by atoms with Gasteiger partial charge in [-0.05, 0) is 48.5 Å². The second kappa shape index (κ2) is 6.20. The third-order valence-electron chi connectivity index (χ3n) is 4.00. The van der Waals surface area contributed by atoms with E-state index in [-0.39, 0.29) is 6.04 Å². The van der Waals surface area contributed by atoms with Gasteiger partial charge in [-0.2, -0.15) is 5.10 Å². The summed E-state index contributed by atoms with van der Waals surface area (Å²) in [6.45, 7) is 4.31. The number of nitrogens with two attached hydrogens (primary N) is 1. The maximum atomic E-state index is 6.53. The van der Waals surface area contributed by atoms with Crippen LogP contribution in [0.1, 0.15) is 70.2 Å². The van der Waals surface area contributed by atoms with Gasteiger partial charge in [0.15, 0.2) is 0 Å². The smallest absolute Gasteiger partial charge is 0.0699 e. The Bertz CT molecular complexity index is 378. The molecule has 1 aromatic rings. The van der Waals surface area contributed by atoms with Crippen LogP contribution in [-0.2, 0) is 0 Å². The van der Waals surface area contributed by atoms with E-state index < -0.39 is 0 Å². The number of rotatable bonds is 3. The van der Waals surface area contributed by atoms with Crippen molar-refractivity contribution in [2.45, 2.75) is 64.5 Å². The Labute approximate surface area is 118 Å². The molecule has 2 N–H and O–H groups in total. The summed E-state index contributed by atoms with van der Waals surface area (Å²) in [5.41, 5.74) is 7.71. The van der Waals surface area contributed by atoms with E-state index in [0.717, 1.165) is 4.47 Å². The van der Waals surface area contributed by atoms with Gasteiger partial charge >= 0.3 is 0 Å². The molecular weight excluding hydrogens is 290 g/mol. The lowest BCUT2D eigenvalue weighted by Crippen LogP contribution is -2.25. The van der Waals surface area contributed by atoms with Gasteiger partial charge in [0.25, 0.3) is 0 Å². The van der Waals surface area contributed by atoms with Gasteiger partial charge < -0.3 is 5.73 Å². The molecule has 102 valence electrons. The van der Waals surface area contributed by atoms with Crippen molar-refractivity contribution in [1.82, 2.24) is 9.78 Å². The lowest BCUT2D eigenvalue weighted by Gasteiger charge is -2.25. The first-order chi connectivity index (χ1) is 8.61. The van der Waals surface area contributed by atoms with Crippen molar-refractivity contribution in [1.29, 1.82) is 0 Å². The molecular formula is C14H24BrN3. The first-order valence-electron chi connectivity index (χ1n) is 7.09. The minimum Gasteiger partial charge on any atom is -0.322 e. The summed E-state index contributed by atoms with van der Waals surface area (Å²) in [7, 11) is 0. The zero-order valence-electron chi connectivity index (χ0n) is 11.4.